The summed E-state index contributed by atoms with van der Waals surface area (Å²) in [5, 5.41) is 8.79. The van der Waals surface area contributed by atoms with Crippen LogP contribution in [-0.4, -0.2) is 38.6 Å². The van der Waals surface area contributed by atoms with Crippen molar-refractivity contribution < 1.29 is 22.8 Å². The van der Waals surface area contributed by atoms with Crippen molar-refractivity contribution in [1.82, 2.24) is 25.1 Å². The van der Waals surface area contributed by atoms with Crippen LogP contribution in [0.2, 0.25) is 5.02 Å². The molecule has 0 unspecified atom stereocenters. The lowest BCUT2D eigenvalue weighted by atomic mass is 9.91. The maximum Gasteiger partial charge on any atom is 0.435 e. The van der Waals surface area contributed by atoms with Crippen molar-refractivity contribution in [3.63, 3.8) is 0 Å². The number of aryl methyl sites for hydroxylation is 1. The van der Waals surface area contributed by atoms with E-state index in [0.29, 0.717) is 24.5 Å². The van der Waals surface area contributed by atoms with Crippen molar-refractivity contribution in [2.24, 2.45) is 0 Å². The summed E-state index contributed by atoms with van der Waals surface area (Å²) in [5.74, 6) is -1.67. The van der Waals surface area contributed by atoms with Gasteiger partial charge < -0.3 is 10.6 Å². The summed E-state index contributed by atoms with van der Waals surface area (Å²) in [6.45, 7) is 0. The molecule has 0 radical (unpaired) electrons. The average molecular weight is 569 g/mol. The van der Waals surface area contributed by atoms with Gasteiger partial charge in [0.25, 0.3) is 11.8 Å². The number of fused-ring (bicyclic) bond motifs is 1. The van der Waals surface area contributed by atoms with Gasteiger partial charge in [-0.05, 0) is 48.9 Å². The minimum Gasteiger partial charge on any atom is -0.355 e. The fourth-order valence-electron chi connectivity index (χ4n) is 4.83. The van der Waals surface area contributed by atoms with Gasteiger partial charge in [-0.15, -0.1) is 0 Å². The zero-order valence-corrected chi connectivity index (χ0v) is 22.1. The quantitative estimate of drug-likeness (QED) is 0.293. The van der Waals surface area contributed by atoms with Crippen LogP contribution in [0.25, 0.3) is 16.9 Å². The molecule has 3 heterocycles. The standard InChI is InChI=1S/C28H24ClF3N6O2/c1-33-27(40)23-22(16-9-4-2-5-10-16)17-11-6-3-7-13-19(17)35-24(23)36-26(39)20-15-21(28(30,31)32)37-38(20)25-18(29)12-8-14-34-25/h2,4-5,8-10,12,14-15H,3,6-7,11,13H2,1H3,(H,33,40)(H,35,36,39). The first-order chi connectivity index (χ1) is 19.2. The number of rotatable bonds is 5. The predicted octanol–water partition coefficient (Wildman–Crippen LogP) is 5.88. The van der Waals surface area contributed by atoms with Gasteiger partial charge in [-0.3, -0.25) is 9.59 Å². The summed E-state index contributed by atoms with van der Waals surface area (Å²) < 4.78 is 41.7. The minimum absolute atomic E-state index is 0.00561. The topological polar surface area (TPSA) is 102 Å². The first kappa shape index (κ1) is 27.3. The molecule has 12 heteroatoms. The molecular formula is C28H24ClF3N6O2. The number of amides is 2. The number of alkyl halides is 3. The highest BCUT2D eigenvalue weighted by atomic mass is 35.5. The second kappa shape index (κ2) is 11.1. The third-order valence-electron chi connectivity index (χ3n) is 6.64. The van der Waals surface area contributed by atoms with Crippen molar-refractivity contribution in [2.75, 3.05) is 12.4 Å². The second-order valence-electron chi connectivity index (χ2n) is 9.23. The molecular weight excluding hydrogens is 545 g/mol. The van der Waals surface area contributed by atoms with Gasteiger partial charge in [-0.25, -0.2) is 14.6 Å². The lowest BCUT2D eigenvalue weighted by Gasteiger charge is -2.20. The summed E-state index contributed by atoms with van der Waals surface area (Å²) in [5.41, 5.74) is 1.41. The van der Waals surface area contributed by atoms with E-state index in [1.54, 1.807) is 0 Å². The molecule has 2 amide bonds. The Kier molecular flexibility index (Phi) is 7.57. The van der Waals surface area contributed by atoms with Crippen molar-refractivity contribution in [3.8, 4) is 16.9 Å². The van der Waals surface area contributed by atoms with Gasteiger partial charge in [0.15, 0.2) is 11.5 Å². The molecule has 0 saturated carbocycles. The van der Waals surface area contributed by atoms with Crippen molar-refractivity contribution in [3.05, 3.63) is 88.0 Å². The average Bonchev–Trinajstić information content (AvgIpc) is 3.27. The van der Waals surface area contributed by atoms with Crippen molar-refractivity contribution in [2.45, 2.75) is 38.3 Å². The number of hydrogen-bond acceptors (Lipinski definition) is 5. The SMILES string of the molecule is CNC(=O)c1c(NC(=O)c2cc(C(F)(F)F)nn2-c2ncccc2Cl)nc2c(c1-c1ccccc1)CCCCC2. The maximum absolute atomic E-state index is 13.6. The Bertz CT molecular complexity index is 1590. The van der Waals surface area contributed by atoms with E-state index in [9.17, 15) is 22.8 Å². The predicted molar refractivity (Wildman–Crippen MR) is 144 cm³/mol. The van der Waals surface area contributed by atoms with E-state index >= 15 is 0 Å². The molecule has 2 N–H and O–H groups in total. The van der Waals surface area contributed by atoms with E-state index < -0.39 is 29.4 Å². The van der Waals surface area contributed by atoms with E-state index in [-0.39, 0.29) is 22.2 Å². The normalized spacial score (nSPS) is 13.3. The van der Waals surface area contributed by atoms with E-state index in [2.05, 4.69) is 25.7 Å². The molecule has 0 atom stereocenters. The Labute approximate surface area is 232 Å². The van der Waals surface area contributed by atoms with Gasteiger partial charge in [-0.1, -0.05) is 48.4 Å². The van der Waals surface area contributed by atoms with Crippen LogP contribution in [0, 0.1) is 0 Å². The maximum atomic E-state index is 13.6. The molecule has 0 spiro atoms. The fourth-order valence-corrected chi connectivity index (χ4v) is 5.03. The highest BCUT2D eigenvalue weighted by Crippen LogP contribution is 2.37. The molecule has 0 saturated heterocycles. The number of nitrogens with zero attached hydrogens (tertiary/aromatic N) is 4. The summed E-state index contributed by atoms with van der Waals surface area (Å²) >= 11 is 6.19. The third kappa shape index (κ3) is 5.29. The van der Waals surface area contributed by atoms with Gasteiger partial charge >= 0.3 is 6.18 Å². The second-order valence-corrected chi connectivity index (χ2v) is 9.64. The highest BCUT2D eigenvalue weighted by Gasteiger charge is 2.37. The van der Waals surface area contributed by atoms with Crippen LogP contribution >= 0.6 is 11.6 Å². The van der Waals surface area contributed by atoms with Gasteiger partial charge in [0.1, 0.15) is 11.5 Å². The number of pyridine rings is 2. The first-order valence-corrected chi connectivity index (χ1v) is 13.0. The van der Waals surface area contributed by atoms with E-state index in [1.165, 1.54) is 25.4 Å². The number of nitrogens with one attached hydrogen (secondary N) is 2. The fraction of sp³-hybridized carbons (Fsp3) is 0.250. The Hall–Kier alpha value is -4.25. The monoisotopic (exact) mass is 568 g/mol. The van der Waals surface area contributed by atoms with Crippen LogP contribution in [0.3, 0.4) is 0 Å². The summed E-state index contributed by atoms with van der Waals surface area (Å²) in [7, 11) is 1.46. The largest absolute Gasteiger partial charge is 0.435 e. The van der Waals surface area contributed by atoms with Gasteiger partial charge in [0.2, 0.25) is 0 Å². The van der Waals surface area contributed by atoms with Crippen LogP contribution < -0.4 is 10.6 Å². The molecule has 1 aliphatic carbocycles. The van der Waals surface area contributed by atoms with Gasteiger partial charge in [-0.2, -0.15) is 18.3 Å². The molecule has 0 fully saturated rings. The number of carbonyl (C=O) groups excluding carboxylic acids is 2. The van der Waals surface area contributed by atoms with Crippen molar-refractivity contribution >= 4 is 29.2 Å². The number of halogens is 4. The number of anilines is 1. The lowest BCUT2D eigenvalue weighted by molar-refractivity contribution is -0.141. The number of hydrogen-bond donors (Lipinski definition) is 2. The minimum atomic E-state index is -4.84. The van der Waals surface area contributed by atoms with Crippen LogP contribution in [0.5, 0.6) is 0 Å². The zero-order valence-electron chi connectivity index (χ0n) is 21.3. The molecule has 3 aromatic heterocycles. The third-order valence-corrected chi connectivity index (χ3v) is 6.94. The smallest absolute Gasteiger partial charge is 0.355 e. The van der Waals surface area contributed by atoms with E-state index in [1.807, 2.05) is 30.3 Å². The molecule has 40 heavy (non-hydrogen) atoms. The van der Waals surface area contributed by atoms with Gasteiger partial charge in [0.05, 0.1) is 10.6 Å². The summed E-state index contributed by atoms with van der Waals surface area (Å²) in [6.07, 6.45) is 0.583. The Balaban J connectivity index is 1.69. The molecule has 1 aliphatic rings. The number of carbonyl (C=O) groups is 2. The Morgan fingerprint density at radius 3 is 2.45 bits per heavy atom. The van der Waals surface area contributed by atoms with Crippen LogP contribution in [0.1, 0.15) is 57.1 Å². The molecule has 4 aromatic rings. The molecule has 8 nitrogen and oxygen atoms in total. The van der Waals surface area contributed by atoms with Crippen LogP contribution in [0.4, 0.5) is 19.0 Å². The molecule has 1 aromatic carbocycles. The van der Waals surface area contributed by atoms with Crippen LogP contribution in [-0.2, 0) is 19.0 Å². The Morgan fingerprint density at radius 2 is 1.75 bits per heavy atom. The van der Waals surface area contributed by atoms with E-state index in [4.69, 9.17) is 11.6 Å². The molecule has 0 bridgehead atoms. The molecule has 206 valence electrons. The van der Waals surface area contributed by atoms with Gasteiger partial charge in [0, 0.05) is 30.6 Å². The first-order valence-electron chi connectivity index (χ1n) is 12.6. The molecule has 5 rings (SSSR count). The lowest BCUT2D eigenvalue weighted by Crippen LogP contribution is -2.26. The highest BCUT2D eigenvalue weighted by molar-refractivity contribution is 6.32. The zero-order chi connectivity index (χ0) is 28.4. The van der Waals surface area contributed by atoms with Crippen molar-refractivity contribution in [1.29, 1.82) is 0 Å². The number of benzene rings is 1. The Morgan fingerprint density at radius 1 is 1.00 bits per heavy atom. The summed E-state index contributed by atoms with van der Waals surface area (Å²) in [6, 6.07) is 12.8. The summed E-state index contributed by atoms with van der Waals surface area (Å²) in [4.78, 5) is 35.6. The number of aromatic nitrogens is 4. The van der Waals surface area contributed by atoms with E-state index in [0.717, 1.165) is 40.8 Å². The molecule has 0 aliphatic heterocycles. The van der Waals surface area contributed by atoms with Crippen LogP contribution in [0.15, 0.2) is 54.7 Å².